The number of nitrogens with one attached hydrogen (secondary N) is 2. The van der Waals surface area contributed by atoms with E-state index >= 15 is 4.39 Å². The highest BCUT2D eigenvalue weighted by Gasteiger charge is 2.42. The number of carbonyl (C=O) groups is 1. The summed E-state index contributed by atoms with van der Waals surface area (Å²) in [5, 5.41) is 5.89. The third kappa shape index (κ3) is 6.04. The van der Waals surface area contributed by atoms with Crippen LogP contribution < -0.4 is 20.1 Å². The lowest BCUT2D eigenvalue weighted by Gasteiger charge is -2.16. The molecule has 5 rings (SSSR count). The highest BCUT2D eigenvalue weighted by atomic mass is 19.4. The van der Waals surface area contributed by atoms with Crippen molar-refractivity contribution in [1.82, 2.24) is 25.1 Å². The summed E-state index contributed by atoms with van der Waals surface area (Å²) in [5.74, 6) is -1.99. The van der Waals surface area contributed by atoms with Gasteiger partial charge in [-0.1, -0.05) is 12.1 Å². The van der Waals surface area contributed by atoms with E-state index in [2.05, 4.69) is 20.6 Å². The van der Waals surface area contributed by atoms with E-state index in [0.29, 0.717) is 24.8 Å². The predicted molar refractivity (Wildman–Crippen MR) is 140 cm³/mol. The molecule has 41 heavy (non-hydrogen) atoms. The van der Waals surface area contributed by atoms with Crippen molar-refractivity contribution >= 4 is 17.5 Å². The van der Waals surface area contributed by atoms with Gasteiger partial charge < -0.3 is 29.3 Å². The van der Waals surface area contributed by atoms with Crippen molar-refractivity contribution in [3.63, 3.8) is 0 Å². The number of rotatable bonds is 10. The standard InChI is InChI=1S/C27H28F4N6O4/c1-36(2)9-8-32-24-22(41-24)15-10-20(39-4)18(11-17(15)28)34-26-33-12-16(27(29,30)31)23(35-26)40-19-7-5-6-14-13-37(3)25(38)21(14)19/h5-7,10-12,22,24,32H,8-9,13H2,1-4H3,(H,33,34,35). The molecule has 2 atom stereocenters. The number of anilines is 2. The van der Waals surface area contributed by atoms with Gasteiger partial charge in [0.15, 0.2) is 0 Å². The monoisotopic (exact) mass is 576 g/mol. The molecule has 0 aliphatic carbocycles. The fourth-order valence-electron chi connectivity index (χ4n) is 4.47. The molecule has 3 aromatic rings. The van der Waals surface area contributed by atoms with Crippen molar-refractivity contribution in [2.24, 2.45) is 0 Å². The van der Waals surface area contributed by atoms with Crippen LogP contribution in [-0.4, -0.2) is 73.2 Å². The molecule has 0 saturated carbocycles. The topological polar surface area (TPSA) is 104 Å². The number of ether oxygens (including phenoxy) is 3. The van der Waals surface area contributed by atoms with Gasteiger partial charge in [0.05, 0.1) is 18.4 Å². The van der Waals surface area contributed by atoms with Gasteiger partial charge in [0.2, 0.25) is 11.8 Å². The number of nitrogens with zero attached hydrogens (tertiary/aromatic N) is 4. The van der Waals surface area contributed by atoms with E-state index in [1.54, 1.807) is 19.2 Å². The quantitative estimate of drug-likeness (QED) is 0.270. The number of methoxy groups -OCH3 is 1. The van der Waals surface area contributed by atoms with Gasteiger partial charge >= 0.3 is 6.18 Å². The number of halogens is 4. The zero-order chi connectivity index (χ0) is 29.5. The highest BCUT2D eigenvalue weighted by molar-refractivity contribution is 6.00. The summed E-state index contributed by atoms with van der Waals surface area (Å²) in [7, 11) is 6.82. The molecule has 0 radical (unpaired) electrons. The summed E-state index contributed by atoms with van der Waals surface area (Å²) in [5.41, 5.74) is -0.126. The number of hydrogen-bond acceptors (Lipinski definition) is 9. The summed E-state index contributed by atoms with van der Waals surface area (Å²) >= 11 is 0. The molecule has 2 unspecified atom stereocenters. The minimum atomic E-state index is -4.85. The largest absolute Gasteiger partial charge is 0.495 e. The van der Waals surface area contributed by atoms with Gasteiger partial charge in [-0.3, -0.25) is 10.1 Å². The van der Waals surface area contributed by atoms with E-state index < -0.39 is 29.5 Å². The number of carbonyl (C=O) groups excluding carboxylic acids is 1. The molecule has 2 aromatic carbocycles. The van der Waals surface area contributed by atoms with Crippen molar-refractivity contribution < 1.29 is 36.6 Å². The second-order valence-corrected chi connectivity index (χ2v) is 9.90. The lowest BCUT2D eigenvalue weighted by atomic mass is 10.1. The third-order valence-electron chi connectivity index (χ3n) is 6.61. The van der Waals surface area contributed by atoms with Gasteiger partial charge in [0.25, 0.3) is 5.91 Å². The molecule has 0 spiro atoms. The molecule has 1 saturated heterocycles. The summed E-state index contributed by atoms with van der Waals surface area (Å²) in [6.45, 7) is 1.73. The third-order valence-corrected chi connectivity index (χ3v) is 6.61. The fourth-order valence-corrected chi connectivity index (χ4v) is 4.47. The number of alkyl halides is 3. The number of epoxide rings is 1. The minimum absolute atomic E-state index is 0.0712. The number of aromatic nitrogens is 2. The van der Waals surface area contributed by atoms with E-state index in [1.807, 2.05) is 19.0 Å². The van der Waals surface area contributed by atoms with Crippen LogP contribution in [0.3, 0.4) is 0 Å². The van der Waals surface area contributed by atoms with Crippen LogP contribution in [0.4, 0.5) is 29.2 Å². The van der Waals surface area contributed by atoms with Gasteiger partial charge in [0, 0.05) is 44.5 Å². The Morgan fingerprint density at radius 2 is 2.00 bits per heavy atom. The number of hydrogen-bond donors (Lipinski definition) is 2. The van der Waals surface area contributed by atoms with E-state index in [0.717, 1.165) is 12.6 Å². The maximum Gasteiger partial charge on any atom is 0.423 e. The van der Waals surface area contributed by atoms with Crippen LogP contribution >= 0.6 is 0 Å². The molecule has 1 aromatic heterocycles. The van der Waals surface area contributed by atoms with Crippen LogP contribution in [0, 0.1) is 5.82 Å². The van der Waals surface area contributed by atoms with Crippen molar-refractivity contribution in [3.05, 3.63) is 64.6 Å². The molecule has 1 fully saturated rings. The Morgan fingerprint density at radius 3 is 2.71 bits per heavy atom. The Kier molecular flexibility index (Phi) is 7.72. The van der Waals surface area contributed by atoms with Gasteiger partial charge in [-0.25, -0.2) is 9.37 Å². The molecule has 2 N–H and O–H groups in total. The van der Waals surface area contributed by atoms with Gasteiger partial charge in [-0.05, 0) is 31.8 Å². The van der Waals surface area contributed by atoms with Crippen molar-refractivity contribution in [2.75, 3.05) is 46.7 Å². The maximum atomic E-state index is 15.1. The smallest absolute Gasteiger partial charge is 0.423 e. The Bertz CT molecular complexity index is 1470. The maximum absolute atomic E-state index is 15.1. The van der Waals surface area contributed by atoms with Crippen molar-refractivity contribution in [1.29, 1.82) is 0 Å². The molecular weight excluding hydrogens is 548 g/mol. The molecule has 1 amide bonds. The average Bonchev–Trinajstić information content (AvgIpc) is 3.60. The Balaban J connectivity index is 1.41. The Hall–Kier alpha value is -4.01. The zero-order valence-corrected chi connectivity index (χ0v) is 22.7. The molecule has 218 valence electrons. The Labute approximate surface area is 233 Å². The molecule has 2 aliphatic heterocycles. The fraction of sp³-hybridized carbons (Fsp3) is 0.370. The molecule has 0 bridgehead atoms. The molecule has 2 aliphatic rings. The normalized spacial score (nSPS) is 18.1. The van der Waals surface area contributed by atoms with E-state index in [9.17, 15) is 18.0 Å². The highest BCUT2D eigenvalue weighted by Crippen LogP contribution is 2.43. The molecule has 14 heteroatoms. The second kappa shape index (κ2) is 11.1. The predicted octanol–water partition coefficient (Wildman–Crippen LogP) is 4.31. The van der Waals surface area contributed by atoms with E-state index in [1.165, 1.54) is 24.1 Å². The summed E-state index contributed by atoms with van der Waals surface area (Å²) in [6.07, 6.45) is -5.16. The van der Waals surface area contributed by atoms with E-state index in [-0.39, 0.29) is 46.4 Å². The minimum Gasteiger partial charge on any atom is -0.495 e. The number of amides is 1. The lowest BCUT2D eigenvalue weighted by molar-refractivity contribution is -0.139. The van der Waals surface area contributed by atoms with Crippen molar-refractivity contribution in [2.45, 2.75) is 25.1 Å². The van der Waals surface area contributed by atoms with Crippen LogP contribution in [0.1, 0.15) is 33.2 Å². The zero-order valence-electron chi connectivity index (χ0n) is 22.7. The lowest BCUT2D eigenvalue weighted by Crippen LogP contribution is -2.28. The second-order valence-electron chi connectivity index (χ2n) is 9.90. The Morgan fingerprint density at radius 1 is 1.22 bits per heavy atom. The molecule has 3 heterocycles. The van der Waals surface area contributed by atoms with E-state index in [4.69, 9.17) is 14.2 Å². The summed E-state index contributed by atoms with van der Waals surface area (Å²) < 4.78 is 73.1. The number of likely N-dealkylation sites (N-methyl/N-ethyl adjacent to an activating group) is 1. The van der Waals surface area contributed by atoms with Crippen LogP contribution in [-0.2, 0) is 17.5 Å². The first-order chi connectivity index (χ1) is 19.5. The van der Waals surface area contributed by atoms with Crippen LogP contribution in [0.25, 0.3) is 0 Å². The van der Waals surface area contributed by atoms with Gasteiger partial charge in [-0.15, -0.1) is 0 Å². The van der Waals surface area contributed by atoms with Crippen LogP contribution in [0.2, 0.25) is 0 Å². The summed E-state index contributed by atoms with van der Waals surface area (Å²) in [4.78, 5) is 23.7. The average molecular weight is 577 g/mol. The van der Waals surface area contributed by atoms with Gasteiger partial charge in [-0.2, -0.15) is 18.2 Å². The first kappa shape index (κ1) is 28.5. The van der Waals surface area contributed by atoms with Crippen molar-refractivity contribution in [3.8, 4) is 17.4 Å². The number of benzene rings is 2. The SMILES string of the molecule is COc1cc(C2OC2NCCN(C)C)c(F)cc1Nc1ncc(C(F)(F)F)c(Oc2cccc3c2C(=O)N(C)C3)n1. The molecular formula is C27H28F4N6O4. The number of fused-ring (bicyclic) bond motifs is 1. The van der Waals surface area contributed by atoms with Gasteiger partial charge in [0.1, 0.15) is 35.2 Å². The van der Waals surface area contributed by atoms with Crippen LogP contribution in [0.5, 0.6) is 17.4 Å². The first-order valence-corrected chi connectivity index (χ1v) is 12.6. The molecule has 10 nitrogen and oxygen atoms in total. The summed E-state index contributed by atoms with van der Waals surface area (Å²) in [6, 6.07) is 7.25. The van der Waals surface area contributed by atoms with Crippen LogP contribution in [0.15, 0.2) is 36.5 Å². The first-order valence-electron chi connectivity index (χ1n) is 12.6.